The van der Waals surface area contributed by atoms with Crippen LogP contribution in [0.25, 0.3) is 0 Å². The maximum atomic E-state index is 13.3. The molecule has 1 aromatic heterocycles. The summed E-state index contributed by atoms with van der Waals surface area (Å²) in [6.07, 6.45) is 4.91. The highest BCUT2D eigenvalue weighted by molar-refractivity contribution is 5.97. The second kappa shape index (κ2) is 11.4. The maximum absolute atomic E-state index is 13.3. The van der Waals surface area contributed by atoms with Crippen LogP contribution in [-0.2, 0) is 6.54 Å². The molecule has 0 spiro atoms. The molecule has 1 atom stereocenters. The van der Waals surface area contributed by atoms with Crippen molar-refractivity contribution >= 4 is 11.6 Å². The van der Waals surface area contributed by atoms with Gasteiger partial charge in [-0.05, 0) is 114 Å². The van der Waals surface area contributed by atoms with E-state index in [0.717, 1.165) is 28.1 Å². The van der Waals surface area contributed by atoms with Crippen LogP contribution in [0.2, 0.25) is 0 Å². The van der Waals surface area contributed by atoms with Crippen molar-refractivity contribution in [3.8, 4) is 0 Å². The average molecular weight is 481 g/mol. The summed E-state index contributed by atoms with van der Waals surface area (Å²) in [5, 5.41) is 6.76. The van der Waals surface area contributed by atoms with E-state index in [2.05, 4.69) is 61.5 Å². The Kier molecular flexibility index (Phi) is 8.81. The Morgan fingerprint density at radius 1 is 1.06 bits per heavy atom. The monoisotopic (exact) mass is 480 g/mol. The van der Waals surface area contributed by atoms with Gasteiger partial charge in [-0.15, -0.1) is 0 Å². The van der Waals surface area contributed by atoms with E-state index in [0.29, 0.717) is 35.0 Å². The lowest BCUT2D eigenvalue weighted by Crippen LogP contribution is -2.36. The Hall–Kier alpha value is -2.60. The molecule has 0 saturated heterocycles. The molecule has 1 heterocycles. The minimum Gasteiger partial charge on any atom is -0.382 e. The average Bonchev–Trinajstić information content (AvgIpc) is 2.79. The zero-order valence-electron chi connectivity index (χ0n) is 22.8. The molecule has 1 amide bonds. The summed E-state index contributed by atoms with van der Waals surface area (Å²) < 4.78 is 0. The van der Waals surface area contributed by atoms with Crippen molar-refractivity contribution < 1.29 is 4.79 Å². The summed E-state index contributed by atoms with van der Waals surface area (Å²) in [5.41, 5.74) is 5.96. The summed E-state index contributed by atoms with van der Waals surface area (Å²) in [7, 11) is 4.35. The van der Waals surface area contributed by atoms with E-state index in [9.17, 15) is 9.59 Å². The molecular formula is C29H44N4O2. The topological polar surface area (TPSA) is 77.2 Å². The van der Waals surface area contributed by atoms with Crippen LogP contribution in [0.4, 0.5) is 5.69 Å². The Morgan fingerprint density at radius 2 is 1.71 bits per heavy atom. The normalized spacial score (nSPS) is 19.1. The Labute approximate surface area is 210 Å². The zero-order valence-corrected chi connectivity index (χ0v) is 22.8. The van der Waals surface area contributed by atoms with Gasteiger partial charge < -0.3 is 20.5 Å². The number of anilines is 1. The third-order valence-electron chi connectivity index (χ3n) is 7.82. The number of hydrogen-bond acceptors (Lipinski definition) is 4. The molecule has 6 heteroatoms. The van der Waals surface area contributed by atoms with Crippen LogP contribution in [0, 0.1) is 26.7 Å². The second-order valence-corrected chi connectivity index (χ2v) is 11.0. The van der Waals surface area contributed by atoms with Gasteiger partial charge in [-0.2, -0.15) is 0 Å². The second-order valence-electron chi connectivity index (χ2n) is 11.0. The fourth-order valence-corrected chi connectivity index (χ4v) is 5.30. The summed E-state index contributed by atoms with van der Waals surface area (Å²) in [4.78, 5) is 30.8. The Balaban J connectivity index is 1.78. The third kappa shape index (κ3) is 6.54. The van der Waals surface area contributed by atoms with Crippen molar-refractivity contribution in [1.82, 2.24) is 15.2 Å². The highest BCUT2D eigenvalue weighted by Gasteiger charge is 2.27. The Bertz CT molecular complexity index is 1090. The number of rotatable bonds is 8. The van der Waals surface area contributed by atoms with Gasteiger partial charge in [-0.3, -0.25) is 9.59 Å². The lowest BCUT2D eigenvalue weighted by atomic mass is 9.81. The van der Waals surface area contributed by atoms with Crippen molar-refractivity contribution in [3.63, 3.8) is 0 Å². The highest BCUT2D eigenvalue weighted by atomic mass is 16.1. The molecular weight excluding hydrogens is 436 g/mol. The van der Waals surface area contributed by atoms with E-state index in [1.807, 2.05) is 32.9 Å². The van der Waals surface area contributed by atoms with Crippen LogP contribution in [0.15, 0.2) is 23.0 Å². The van der Waals surface area contributed by atoms with Gasteiger partial charge in [-0.25, -0.2) is 0 Å². The number of H-pyrrole nitrogens is 1. The van der Waals surface area contributed by atoms with Gasteiger partial charge in [0, 0.05) is 41.1 Å². The lowest BCUT2D eigenvalue weighted by molar-refractivity contribution is 0.0950. The predicted octanol–water partition coefficient (Wildman–Crippen LogP) is 5.27. The summed E-state index contributed by atoms with van der Waals surface area (Å²) in [6, 6.07) is 7.16. The van der Waals surface area contributed by atoms with Gasteiger partial charge in [0.2, 0.25) is 0 Å². The van der Waals surface area contributed by atoms with E-state index >= 15 is 0 Å². The molecule has 1 unspecified atom stereocenters. The number of aromatic amines is 1. The number of nitrogens with zero attached hydrogens (tertiary/aromatic N) is 1. The first-order valence-corrected chi connectivity index (χ1v) is 13.0. The number of amides is 1. The maximum Gasteiger partial charge on any atom is 0.253 e. The van der Waals surface area contributed by atoms with Crippen LogP contribution in [-0.4, -0.2) is 42.0 Å². The van der Waals surface area contributed by atoms with E-state index in [1.54, 1.807) is 0 Å². The quantitative estimate of drug-likeness (QED) is 0.481. The van der Waals surface area contributed by atoms with Gasteiger partial charge in [-0.1, -0.05) is 13.8 Å². The first kappa shape index (κ1) is 27.0. The Morgan fingerprint density at radius 3 is 2.29 bits per heavy atom. The van der Waals surface area contributed by atoms with E-state index in [-0.39, 0.29) is 18.0 Å². The predicted molar refractivity (Wildman–Crippen MR) is 145 cm³/mol. The standard InChI is InChI=1S/C29H44N4O2/c1-17(2)23-14-25(28(34)30-16-26-18(3)13-19(4)31-29(26)35)20(5)27(15-23)32-21(6)22-9-11-24(12-10-22)33(7)8/h13-15,17,21-22,24,32H,9-12,16H2,1-8H3,(H,30,34)(H,31,35). The molecule has 1 saturated carbocycles. The summed E-state index contributed by atoms with van der Waals surface area (Å²) in [5.74, 6) is 0.782. The number of pyridine rings is 1. The first-order chi connectivity index (χ1) is 16.5. The molecule has 3 rings (SSSR count). The molecule has 192 valence electrons. The van der Waals surface area contributed by atoms with Gasteiger partial charge >= 0.3 is 0 Å². The zero-order chi connectivity index (χ0) is 25.9. The molecule has 0 bridgehead atoms. The number of aryl methyl sites for hydroxylation is 2. The van der Waals surface area contributed by atoms with Crippen molar-refractivity contribution in [2.24, 2.45) is 5.92 Å². The largest absolute Gasteiger partial charge is 0.382 e. The molecule has 2 aromatic rings. The van der Waals surface area contributed by atoms with Gasteiger partial charge in [0.05, 0.1) is 0 Å². The highest BCUT2D eigenvalue weighted by Crippen LogP contribution is 2.32. The molecule has 1 aliphatic carbocycles. The SMILES string of the molecule is Cc1cc(C)c(CNC(=O)c2cc(C(C)C)cc(NC(C)C3CCC(N(C)C)CC3)c2C)c(=O)[nH]1. The molecule has 1 aromatic carbocycles. The van der Waals surface area contributed by atoms with Gasteiger partial charge in [0.15, 0.2) is 0 Å². The number of carbonyl (C=O) groups excluding carboxylic acids is 1. The molecule has 0 aliphatic heterocycles. The van der Waals surface area contributed by atoms with Gasteiger partial charge in [0.1, 0.15) is 0 Å². The minimum atomic E-state index is -0.147. The summed E-state index contributed by atoms with van der Waals surface area (Å²) in [6.45, 7) is 12.6. The molecule has 0 radical (unpaired) electrons. The molecule has 3 N–H and O–H groups in total. The van der Waals surface area contributed by atoms with E-state index in [1.165, 1.54) is 25.7 Å². The molecule has 6 nitrogen and oxygen atoms in total. The molecule has 35 heavy (non-hydrogen) atoms. The van der Waals surface area contributed by atoms with E-state index in [4.69, 9.17) is 0 Å². The summed E-state index contributed by atoms with van der Waals surface area (Å²) >= 11 is 0. The van der Waals surface area contributed by atoms with Crippen molar-refractivity contribution in [3.05, 3.63) is 62.1 Å². The van der Waals surface area contributed by atoms with Crippen LogP contribution in [0.1, 0.15) is 90.7 Å². The minimum absolute atomic E-state index is 0.143. The lowest BCUT2D eigenvalue weighted by Gasteiger charge is -2.36. The number of aromatic nitrogens is 1. The van der Waals surface area contributed by atoms with Gasteiger partial charge in [0.25, 0.3) is 11.5 Å². The van der Waals surface area contributed by atoms with Crippen LogP contribution < -0.4 is 16.2 Å². The number of hydrogen-bond donors (Lipinski definition) is 3. The number of benzene rings is 1. The smallest absolute Gasteiger partial charge is 0.253 e. The number of nitrogens with one attached hydrogen (secondary N) is 3. The first-order valence-electron chi connectivity index (χ1n) is 13.0. The molecule has 1 aliphatic rings. The van der Waals surface area contributed by atoms with Crippen LogP contribution in [0.3, 0.4) is 0 Å². The molecule has 1 fully saturated rings. The fraction of sp³-hybridized carbons (Fsp3) is 0.586. The number of carbonyl (C=O) groups is 1. The van der Waals surface area contributed by atoms with Crippen molar-refractivity contribution in [2.45, 2.75) is 91.8 Å². The fourth-order valence-electron chi connectivity index (χ4n) is 5.30. The van der Waals surface area contributed by atoms with Crippen molar-refractivity contribution in [2.75, 3.05) is 19.4 Å². The third-order valence-corrected chi connectivity index (χ3v) is 7.82. The van der Waals surface area contributed by atoms with Crippen LogP contribution in [0.5, 0.6) is 0 Å². The van der Waals surface area contributed by atoms with Crippen LogP contribution >= 0.6 is 0 Å². The van der Waals surface area contributed by atoms with Crippen molar-refractivity contribution in [1.29, 1.82) is 0 Å². The van der Waals surface area contributed by atoms with E-state index < -0.39 is 0 Å².